The SMILES string of the molecule is C[C@H](N[C@@H](CCc1ccccc1)C(=O)O)C(=O)N1C[C@@H](c2ccccc2)C[C@H]1C(=O)O. The molecule has 0 saturated carbocycles. The minimum atomic E-state index is -1.04. The molecule has 31 heavy (non-hydrogen) atoms. The molecule has 0 aliphatic carbocycles. The Morgan fingerprint density at radius 3 is 2.23 bits per heavy atom. The first-order valence-electron chi connectivity index (χ1n) is 10.5. The third kappa shape index (κ3) is 5.70. The molecule has 0 unspecified atom stereocenters. The monoisotopic (exact) mass is 424 g/mol. The van der Waals surface area contributed by atoms with Gasteiger partial charge in [-0.3, -0.25) is 14.9 Å². The van der Waals surface area contributed by atoms with Crippen LogP contribution in [0.25, 0.3) is 0 Å². The van der Waals surface area contributed by atoms with Crippen molar-refractivity contribution in [2.75, 3.05) is 6.54 Å². The zero-order valence-corrected chi connectivity index (χ0v) is 17.5. The van der Waals surface area contributed by atoms with Gasteiger partial charge >= 0.3 is 11.9 Å². The molecule has 1 heterocycles. The Balaban J connectivity index is 1.66. The maximum Gasteiger partial charge on any atom is 0.326 e. The molecule has 1 fully saturated rings. The second-order valence-electron chi connectivity index (χ2n) is 7.99. The predicted octanol–water partition coefficient (Wildman–Crippen LogP) is 2.52. The number of nitrogens with one attached hydrogen (secondary N) is 1. The summed E-state index contributed by atoms with van der Waals surface area (Å²) in [5.74, 6) is -2.53. The number of carboxylic acid groups (broad SMARTS) is 2. The normalized spacial score (nSPS) is 20.2. The summed E-state index contributed by atoms with van der Waals surface area (Å²) in [6.45, 7) is 1.89. The highest BCUT2D eigenvalue weighted by molar-refractivity contribution is 5.88. The lowest BCUT2D eigenvalue weighted by Gasteiger charge is -2.27. The number of likely N-dealkylation sites (tertiary alicyclic amines) is 1. The van der Waals surface area contributed by atoms with Gasteiger partial charge in [0.25, 0.3) is 0 Å². The summed E-state index contributed by atoms with van der Waals surface area (Å²) in [6.07, 6.45) is 1.23. The molecule has 1 aliphatic heterocycles. The van der Waals surface area contributed by atoms with E-state index in [4.69, 9.17) is 0 Å². The second-order valence-corrected chi connectivity index (χ2v) is 7.99. The maximum absolute atomic E-state index is 13.1. The third-order valence-corrected chi connectivity index (χ3v) is 5.82. The molecule has 7 heteroatoms. The van der Waals surface area contributed by atoms with E-state index >= 15 is 0 Å². The van der Waals surface area contributed by atoms with Crippen LogP contribution in [0.1, 0.15) is 36.8 Å². The number of aryl methyl sites for hydroxylation is 1. The van der Waals surface area contributed by atoms with Gasteiger partial charge in [-0.2, -0.15) is 0 Å². The van der Waals surface area contributed by atoms with Crippen LogP contribution in [0.5, 0.6) is 0 Å². The Labute approximate surface area is 181 Å². The summed E-state index contributed by atoms with van der Waals surface area (Å²) in [4.78, 5) is 38.0. The molecule has 0 aromatic heterocycles. The van der Waals surface area contributed by atoms with Gasteiger partial charge in [0.05, 0.1) is 6.04 Å². The molecule has 1 amide bonds. The highest BCUT2D eigenvalue weighted by atomic mass is 16.4. The summed E-state index contributed by atoms with van der Waals surface area (Å²) >= 11 is 0. The van der Waals surface area contributed by atoms with Crippen LogP contribution >= 0.6 is 0 Å². The average Bonchev–Trinajstić information content (AvgIpc) is 3.23. The lowest BCUT2D eigenvalue weighted by atomic mass is 9.96. The largest absolute Gasteiger partial charge is 0.480 e. The molecule has 164 valence electrons. The third-order valence-electron chi connectivity index (χ3n) is 5.82. The van der Waals surface area contributed by atoms with E-state index in [1.165, 1.54) is 4.90 Å². The van der Waals surface area contributed by atoms with Crippen LogP contribution in [-0.2, 0) is 20.8 Å². The van der Waals surface area contributed by atoms with E-state index in [9.17, 15) is 24.6 Å². The van der Waals surface area contributed by atoms with Crippen molar-refractivity contribution in [2.45, 2.75) is 50.2 Å². The molecule has 0 spiro atoms. The van der Waals surface area contributed by atoms with E-state index < -0.39 is 36.0 Å². The summed E-state index contributed by atoms with van der Waals surface area (Å²) in [5.41, 5.74) is 2.02. The Kier molecular flexibility index (Phi) is 7.41. The number of carboxylic acids is 2. The van der Waals surface area contributed by atoms with Gasteiger partial charge in [0.1, 0.15) is 12.1 Å². The van der Waals surface area contributed by atoms with E-state index in [1.54, 1.807) is 6.92 Å². The van der Waals surface area contributed by atoms with Gasteiger partial charge in [-0.05, 0) is 37.3 Å². The number of carbonyl (C=O) groups is 3. The molecule has 3 N–H and O–H groups in total. The molecule has 0 bridgehead atoms. The molecule has 7 nitrogen and oxygen atoms in total. The Morgan fingerprint density at radius 2 is 1.65 bits per heavy atom. The molecule has 0 radical (unpaired) electrons. The fourth-order valence-corrected chi connectivity index (χ4v) is 4.14. The van der Waals surface area contributed by atoms with Gasteiger partial charge in [0.2, 0.25) is 5.91 Å². The van der Waals surface area contributed by atoms with E-state index in [2.05, 4.69) is 5.32 Å². The van der Waals surface area contributed by atoms with Crippen LogP contribution in [0.3, 0.4) is 0 Å². The summed E-state index contributed by atoms with van der Waals surface area (Å²) in [5, 5.41) is 22.1. The van der Waals surface area contributed by atoms with Crippen LogP contribution in [0.15, 0.2) is 60.7 Å². The van der Waals surface area contributed by atoms with Gasteiger partial charge in [0.15, 0.2) is 0 Å². The minimum absolute atomic E-state index is 0.0631. The predicted molar refractivity (Wildman–Crippen MR) is 116 cm³/mol. The van der Waals surface area contributed by atoms with Crippen molar-refractivity contribution < 1.29 is 24.6 Å². The first-order valence-corrected chi connectivity index (χ1v) is 10.5. The van der Waals surface area contributed by atoms with Crippen molar-refractivity contribution in [1.29, 1.82) is 0 Å². The molecular formula is C24H28N2O5. The Hall–Kier alpha value is -3.19. The lowest BCUT2D eigenvalue weighted by Crippen LogP contribution is -2.53. The van der Waals surface area contributed by atoms with Gasteiger partial charge < -0.3 is 15.1 Å². The molecular weight excluding hydrogens is 396 g/mol. The number of nitrogens with zero attached hydrogens (tertiary/aromatic N) is 1. The van der Waals surface area contributed by atoms with Crippen LogP contribution in [0, 0.1) is 0 Å². The molecule has 2 aromatic carbocycles. The number of benzene rings is 2. The quantitative estimate of drug-likeness (QED) is 0.571. The molecule has 4 atom stereocenters. The van der Waals surface area contributed by atoms with Crippen molar-refractivity contribution >= 4 is 17.8 Å². The number of amides is 1. The smallest absolute Gasteiger partial charge is 0.326 e. The van der Waals surface area contributed by atoms with Gasteiger partial charge in [-0.1, -0.05) is 60.7 Å². The van der Waals surface area contributed by atoms with Crippen LogP contribution in [0.2, 0.25) is 0 Å². The van der Waals surface area contributed by atoms with E-state index in [1.807, 2.05) is 60.7 Å². The number of aliphatic carboxylic acids is 2. The van der Waals surface area contributed by atoms with Crippen molar-refractivity contribution in [3.63, 3.8) is 0 Å². The topological polar surface area (TPSA) is 107 Å². The number of hydrogen-bond acceptors (Lipinski definition) is 4. The van der Waals surface area contributed by atoms with Crippen molar-refractivity contribution in [1.82, 2.24) is 10.2 Å². The Bertz CT molecular complexity index is 903. The Morgan fingerprint density at radius 1 is 1.03 bits per heavy atom. The standard InChI is InChI=1S/C24H28N2O5/c1-16(25-20(23(28)29)13-12-17-8-4-2-5-9-17)22(27)26-15-19(14-21(26)24(30)31)18-10-6-3-7-11-18/h2-11,16,19-21,25H,12-15H2,1H3,(H,28,29)(H,30,31)/t16-,19-,20-,21-/m0/s1. The van der Waals surface area contributed by atoms with Crippen LogP contribution in [-0.4, -0.2) is 57.6 Å². The second kappa shape index (κ2) is 10.2. The molecule has 2 aromatic rings. The van der Waals surface area contributed by atoms with E-state index in [0.717, 1.165) is 11.1 Å². The van der Waals surface area contributed by atoms with Gasteiger partial charge in [-0.25, -0.2) is 4.79 Å². The highest BCUT2D eigenvalue weighted by Crippen LogP contribution is 2.32. The van der Waals surface area contributed by atoms with Gasteiger partial charge in [0, 0.05) is 12.5 Å². The number of rotatable bonds is 9. The lowest BCUT2D eigenvalue weighted by molar-refractivity contribution is -0.149. The molecule has 1 aliphatic rings. The fourth-order valence-electron chi connectivity index (χ4n) is 4.14. The summed E-state index contributed by atoms with van der Waals surface area (Å²) in [7, 11) is 0. The van der Waals surface area contributed by atoms with E-state index in [-0.39, 0.29) is 5.92 Å². The van der Waals surface area contributed by atoms with Crippen LogP contribution in [0.4, 0.5) is 0 Å². The summed E-state index contributed by atoms with van der Waals surface area (Å²) in [6, 6.07) is 16.5. The van der Waals surface area contributed by atoms with Gasteiger partial charge in [-0.15, -0.1) is 0 Å². The first-order chi connectivity index (χ1) is 14.9. The maximum atomic E-state index is 13.1. The number of hydrogen-bond donors (Lipinski definition) is 3. The average molecular weight is 424 g/mol. The van der Waals surface area contributed by atoms with E-state index in [0.29, 0.717) is 25.8 Å². The molecule has 1 saturated heterocycles. The first kappa shape index (κ1) is 22.5. The van der Waals surface area contributed by atoms with Crippen molar-refractivity contribution in [2.24, 2.45) is 0 Å². The molecule has 3 rings (SSSR count). The minimum Gasteiger partial charge on any atom is -0.480 e. The zero-order chi connectivity index (χ0) is 22.4. The zero-order valence-electron chi connectivity index (χ0n) is 17.5. The van der Waals surface area contributed by atoms with Crippen LogP contribution < -0.4 is 5.32 Å². The number of carbonyl (C=O) groups excluding carboxylic acids is 1. The highest BCUT2D eigenvalue weighted by Gasteiger charge is 2.41. The summed E-state index contributed by atoms with van der Waals surface area (Å²) < 4.78 is 0. The van der Waals surface area contributed by atoms with Crippen molar-refractivity contribution in [3.05, 3.63) is 71.8 Å². The van der Waals surface area contributed by atoms with Crippen molar-refractivity contribution in [3.8, 4) is 0 Å². The fraction of sp³-hybridized carbons (Fsp3) is 0.375.